The smallest absolute Gasteiger partial charge is 0.339 e. The van der Waals surface area contributed by atoms with Gasteiger partial charge in [-0.1, -0.05) is 6.92 Å². The Morgan fingerprint density at radius 3 is 0.897 bits per heavy atom. The highest BCUT2D eigenvalue weighted by Crippen LogP contribution is 2.37. The molecule has 12 aromatic rings. The lowest BCUT2D eigenvalue weighted by Crippen LogP contribution is -2.09. The van der Waals surface area contributed by atoms with Crippen LogP contribution in [0, 0.1) is 120 Å². The molecule has 0 saturated heterocycles. The molecule has 0 saturated carbocycles. The zero-order valence-electron chi connectivity index (χ0n) is 60.5. The van der Waals surface area contributed by atoms with E-state index in [-0.39, 0.29) is 81.4 Å². The number of aryl methyl sites for hydroxylation is 5. The summed E-state index contributed by atoms with van der Waals surface area (Å²) in [6, 6.07) is 11.7. The van der Waals surface area contributed by atoms with E-state index in [1.165, 1.54) is 60.3 Å². The van der Waals surface area contributed by atoms with Gasteiger partial charge in [-0.2, -0.15) is 0 Å². The number of aromatic nitrogens is 20. The fraction of sp³-hybridized carbons (Fsp3) is 0.210. The maximum absolute atomic E-state index is 14.0. The van der Waals surface area contributed by atoms with Gasteiger partial charge in [0, 0.05) is 89.4 Å². The normalized spacial score (nSPS) is 10.5. The number of carbonyl (C=O) groups is 2. The number of hydrogen-bond donors (Lipinski definition) is 3. The van der Waals surface area contributed by atoms with Crippen LogP contribution in [0.15, 0.2) is 84.9 Å². The molecular formula is C62H53F12N27O15. The van der Waals surface area contributed by atoms with E-state index in [2.05, 4.69) is 77.6 Å². The Morgan fingerprint density at radius 2 is 0.603 bits per heavy atom. The molecule has 0 fully saturated rings. The highest BCUT2D eigenvalue weighted by atomic mass is 19.2. The van der Waals surface area contributed by atoms with Gasteiger partial charge in [0.15, 0.2) is 116 Å². The van der Waals surface area contributed by atoms with Crippen LogP contribution < -0.4 is 20.9 Å². The molecule has 5 aromatic heterocycles. The number of ketones is 1. The number of aromatic carboxylic acids is 1. The predicted molar refractivity (Wildman–Crippen MR) is 369 cm³/mol. The number of benzene rings is 7. The summed E-state index contributed by atoms with van der Waals surface area (Å²) in [6.45, 7) is 8.53. The number of nitro benzene ring substituents is 5. The summed E-state index contributed by atoms with van der Waals surface area (Å²) in [5.74, 6) is -16.3. The van der Waals surface area contributed by atoms with Gasteiger partial charge in [0.05, 0.1) is 101 Å². The van der Waals surface area contributed by atoms with Crippen LogP contribution in [0.5, 0.6) is 11.5 Å². The van der Waals surface area contributed by atoms with Gasteiger partial charge in [-0.15, -0.1) is 25.5 Å². The number of hydrogen-bond acceptors (Lipinski definition) is 31. The Labute approximate surface area is 637 Å². The van der Waals surface area contributed by atoms with Crippen molar-refractivity contribution in [1.29, 1.82) is 0 Å². The van der Waals surface area contributed by atoms with Crippen molar-refractivity contribution in [2.75, 3.05) is 11.5 Å². The van der Waals surface area contributed by atoms with Gasteiger partial charge in [-0.25, -0.2) is 80.9 Å². The number of carboxylic acids is 1. The average molecular weight is 1640 g/mol. The first-order valence-electron chi connectivity index (χ1n) is 31.5. The number of tetrazole rings is 5. The molecular weight excluding hydrogens is 1590 g/mol. The number of ether oxygens (including phenoxy) is 2. The van der Waals surface area contributed by atoms with Crippen LogP contribution in [0.3, 0.4) is 0 Å². The first-order chi connectivity index (χ1) is 54.4. The van der Waals surface area contributed by atoms with Crippen molar-refractivity contribution in [2.24, 2.45) is 35.2 Å². The van der Waals surface area contributed by atoms with Crippen LogP contribution in [0.1, 0.15) is 61.8 Å². The molecule has 0 unspecified atom stereocenters. The molecule has 5 N–H and O–H groups in total. The second-order valence-corrected chi connectivity index (χ2v) is 23.0. The average Bonchev–Trinajstić information content (AvgIpc) is 1.54. The number of anilines is 2. The van der Waals surface area contributed by atoms with E-state index in [9.17, 15) is 113 Å². The molecule has 7 aromatic carbocycles. The molecule has 610 valence electrons. The predicted octanol–water partition coefficient (Wildman–Crippen LogP) is 10.00. The van der Waals surface area contributed by atoms with Crippen molar-refractivity contribution < 1.29 is 101 Å². The molecule has 42 nitrogen and oxygen atoms in total. The number of non-ortho nitro benzene ring substituents is 5. The van der Waals surface area contributed by atoms with Crippen LogP contribution in [-0.2, 0) is 35.2 Å². The minimum atomic E-state index is -1.76. The van der Waals surface area contributed by atoms with Gasteiger partial charge in [0.2, 0.25) is 0 Å². The summed E-state index contributed by atoms with van der Waals surface area (Å²) < 4.78 is 176. The number of nitro groups is 5. The van der Waals surface area contributed by atoms with Gasteiger partial charge >= 0.3 is 5.97 Å². The lowest BCUT2D eigenvalue weighted by Gasteiger charge is -2.14. The highest BCUT2D eigenvalue weighted by molar-refractivity contribution is 5.96. The molecule has 5 heterocycles. The standard InChI is InChI=1S/C11H12FN5O3.C11H14FN5O.C9H7F2NO3.2C8H5F2N5O2.C8H7F2N5.C7H3F2NO4/c1-6(2)20-10-8(11-13-14-15-16(11)3)4-7(17(18)19)5-9(10)12;1-6(2)18-10-8(4-7(13)5-9(10)12)11-14-15-16-17(11)3;1-2-8(13)6-3-5(12(14)15)4-7(10)9(6)11;2*1-14-8(11-12-13-14)5-2-4(15(16)17)3-6(9)7(5)10;1-15-8(12-13-14-15)5-2-4(11)3-6(9)7(5)10;8-5-2-3(10(13)14)1-4(6(5)9)7(11)12/h4-6H,1-3H3;4-6H,13H2,1-3H3;3-4H,2H2,1H3;2*2-3H,1H3;2-3H,11H2,1H3;1-2H,(H,11,12). The summed E-state index contributed by atoms with van der Waals surface area (Å²) in [5, 5.41) is 113. The summed E-state index contributed by atoms with van der Waals surface area (Å²) in [4.78, 5) is 69.6. The number of halogens is 12. The zero-order valence-corrected chi connectivity index (χ0v) is 60.5. The Kier molecular flexibility index (Phi) is 29.9. The Hall–Kier alpha value is -15.6. The van der Waals surface area contributed by atoms with Crippen LogP contribution in [0.25, 0.3) is 56.9 Å². The number of nitrogen functional groups attached to an aromatic ring is 2. The number of Topliss-reactive ketones (excluding diaryl/α,β-unsaturated/α-hetero) is 1. The Balaban J connectivity index is 0.000000211. The summed E-state index contributed by atoms with van der Waals surface area (Å²) in [6.07, 6.45) is -0.508. The molecule has 0 amide bonds. The van der Waals surface area contributed by atoms with Crippen LogP contribution in [-0.4, -0.2) is 155 Å². The van der Waals surface area contributed by atoms with Crippen LogP contribution in [0.4, 0.5) is 92.5 Å². The third-order valence-electron chi connectivity index (χ3n) is 14.1. The highest BCUT2D eigenvalue weighted by Gasteiger charge is 2.28. The molecule has 116 heavy (non-hydrogen) atoms. The van der Waals surface area contributed by atoms with E-state index >= 15 is 0 Å². The Bertz CT molecular complexity index is 5590. The molecule has 0 aliphatic heterocycles. The van der Waals surface area contributed by atoms with Crippen molar-refractivity contribution in [1.82, 2.24) is 101 Å². The van der Waals surface area contributed by atoms with Crippen molar-refractivity contribution in [3.8, 4) is 68.4 Å². The second kappa shape index (κ2) is 38.8. The minimum absolute atomic E-state index is 0.0441. The fourth-order valence-corrected chi connectivity index (χ4v) is 9.00. The first kappa shape index (κ1) is 89.3. The topological polar surface area (TPSA) is 559 Å². The summed E-state index contributed by atoms with van der Waals surface area (Å²) in [7, 11) is 7.55. The number of nitrogens with zero attached hydrogens (tertiary/aromatic N) is 25. The number of carbonyl (C=O) groups excluding carboxylic acids is 1. The van der Waals surface area contributed by atoms with Gasteiger partial charge in [0.1, 0.15) is 5.56 Å². The SMILES string of the molecule is CC(C)Oc1c(F)cc(N)cc1-c1nnnn1C.CC(C)Oc1c(F)cc([N+](=O)[O-])cc1-c1nnnn1C.CCC(=O)c1cc([N+](=O)[O-])cc(F)c1F.Cn1nnnc1-c1cc(N)cc(F)c1F.Cn1nnnc1-c1cc([N+](=O)[O-])cc(F)c1F.Cn1nnnc1-c1cc([N+](=O)[O-])cc(F)c1F.O=C(O)c1cc([N+](=O)[O-])cc(F)c1F. The monoisotopic (exact) mass is 1640 g/mol. The van der Waals surface area contributed by atoms with E-state index in [0.29, 0.717) is 47.4 Å². The van der Waals surface area contributed by atoms with Crippen LogP contribution >= 0.6 is 0 Å². The van der Waals surface area contributed by atoms with E-state index in [1.54, 1.807) is 34.0 Å². The fourth-order valence-electron chi connectivity index (χ4n) is 9.00. The van der Waals surface area contributed by atoms with E-state index in [1.807, 2.05) is 13.8 Å². The minimum Gasteiger partial charge on any atom is -0.487 e. The quantitative estimate of drug-likeness (QED) is 0.0251. The van der Waals surface area contributed by atoms with Crippen molar-refractivity contribution in [3.63, 3.8) is 0 Å². The van der Waals surface area contributed by atoms with Gasteiger partial charge in [-0.3, -0.25) is 55.4 Å². The summed E-state index contributed by atoms with van der Waals surface area (Å²) in [5.41, 5.74) is 6.65. The van der Waals surface area contributed by atoms with Crippen molar-refractivity contribution >= 4 is 51.6 Å². The maximum Gasteiger partial charge on any atom is 0.339 e. The van der Waals surface area contributed by atoms with E-state index in [0.717, 1.165) is 39.7 Å². The molecule has 0 radical (unpaired) electrons. The van der Waals surface area contributed by atoms with Crippen molar-refractivity contribution in [3.05, 3.63) is 216 Å². The summed E-state index contributed by atoms with van der Waals surface area (Å²) >= 11 is 0. The third-order valence-corrected chi connectivity index (χ3v) is 14.1. The van der Waals surface area contributed by atoms with E-state index < -0.39 is 146 Å². The molecule has 54 heteroatoms. The number of rotatable bonds is 17. The second-order valence-electron chi connectivity index (χ2n) is 23.0. The van der Waals surface area contributed by atoms with Gasteiger partial charge in [-0.05, 0) is 98.0 Å². The number of carboxylic acid groups (broad SMARTS) is 1. The lowest BCUT2D eigenvalue weighted by molar-refractivity contribution is -0.385. The number of nitrogens with two attached hydrogens (primary N) is 2. The molecule has 0 aliphatic carbocycles. The largest absolute Gasteiger partial charge is 0.487 e. The third kappa shape index (κ3) is 22.3. The Morgan fingerprint density at radius 1 is 0.371 bits per heavy atom. The molecule has 0 aliphatic rings. The van der Waals surface area contributed by atoms with E-state index in [4.69, 9.17) is 26.0 Å². The lowest BCUT2D eigenvalue weighted by atomic mass is 10.1. The molecule has 0 atom stereocenters. The van der Waals surface area contributed by atoms with Crippen LogP contribution in [0.2, 0.25) is 0 Å². The first-order valence-corrected chi connectivity index (χ1v) is 31.5. The maximum atomic E-state index is 14.0. The molecule has 0 spiro atoms. The molecule has 12 rings (SSSR count). The van der Waals surface area contributed by atoms with Gasteiger partial charge in [0.25, 0.3) is 28.4 Å². The zero-order chi connectivity index (χ0) is 86.8. The molecule has 0 bridgehead atoms. The van der Waals surface area contributed by atoms with Crippen molar-refractivity contribution in [2.45, 2.75) is 53.2 Å². The van der Waals surface area contributed by atoms with Gasteiger partial charge < -0.3 is 26.0 Å².